The third-order valence-electron chi connectivity index (χ3n) is 5.90. The largest absolute Gasteiger partial charge is 0.375 e. The summed E-state index contributed by atoms with van der Waals surface area (Å²) in [6, 6.07) is 9.17. The molecule has 3 aliphatic rings. The number of amides is 1. The van der Waals surface area contributed by atoms with Gasteiger partial charge in [-0.2, -0.15) is 0 Å². The molecule has 4 rings (SSSR count). The molecule has 0 bridgehead atoms. The number of carbonyl (C=O) groups is 1. The number of ether oxygens (including phenoxy) is 1. The highest BCUT2D eigenvalue weighted by molar-refractivity contribution is 5.78. The van der Waals surface area contributed by atoms with E-state index in [9.17, 15) is 4.79 Å². The number of morpholine rings is 1. The second-order valence-corrected chi connectivity index (χ2v) is 7.44. The smallest absolute Gasteiger partial charge is 0.234 e. The predicted octanol–water partition coefficient (Wildman–Crippen LogP) is 2.82. The summed E-state index contributed by atoms with van der Waals surface area (Å²) in [5.74, 6) is 0.169. The van der Waals surface area contributed by atoms with E-state index < -0.39 is 0 Å². The van der Waals surface area contributed by atoms with Gasteiger partial charge in [-0.1, -0.05) is 37.1 Å². The van der Waals surface area contributed by atoms with Crippen LogP contribution in [0.4, 0.5) is 0 Å². The molecular formula is C20H28N2O2. The highest BCUT2D eigenvalue weighted by atomic mass is 16.5. The Hall–Kier alpha value is -1.39. The molecule has 4 nitrogen and oxygen atoms in total. The van der Waals surface area contributed by atoms with Crippen LogP contribution in [0.1, 0.15) is 55.7 Å². The van der Waals surface area contributed by atoms with E-state index in [1.165, 1.54) is 30.4 Å². The van der Waals surface area contributed by atoms with E-state index in [1.54, 1.807) is 0 Å². The molecule has 0 spiro atoms. The van der Waals surface area contributed by atoms with Gasteiger partial charge in [-0.25, -0.2) is 0 Å². The van der Waals surface area contributed by atoms with Gasteiger partial charge < -0.3 is 10.1 Å². The Bertz CT molecular complexity index is 587. The van der Waals surface area contributed by atoms with Crippen LogP contribution >= 0.6 is 0 Å². The fraction of sp³-hybridized carbons (Fsp3) is 0.650. The van der Waals surface area contributed by atoms with Crippen molar-refractivity contribution in [3.63, 3.8) is 0 Å². The SMILES string of the molecule is O=C(CN1CCOC2CCCCC21)NC1CCCc2ccccc21. The molecule has 4 heteroatoms. The Balaban J connectivity index is 1.38. The van der Waals surface area contributed by atoms with Crippen molar-refractivity contribution in [1.29, 1.82) is 0 Å². The van der Waals surface area contributed by atoms with Gasteiger partial charge in [-0.3, -0.25) is 9.69 Å². The second-order valence-electron chi connectivity index (χ2n) is 7.44. The third kappa shape index (κ3) is 3.35. The van der Waals surface area contributed by atoms with Crippen LogP contribution in [0.2, 0.25) is 0 Å². The van der Waals surface area contributed by atoms with Crippen molar-refractivity contribution < 1.29 is 9.53 Å². The number of benzene rings is 1. The lowest BCUT2D eigenvalue weighted by Gasteiger charge is -2.43. The molecule has 1 aliphatic heterocycles. The molecule has 2 aliphatic carbocycles. The summed E-state index contributed by atoms with van der Waals surface area (Å²) in [5, 5.41) is 3.30. The fourth-order valence-electron chi connectivity index (χ4n) is 4.70. The lowest BCUT2D eigenvalue weighted by Crippen LogP contribution is -2.55. The zero-order valence-electron chi connectivity index (χ0n) is 14.4. The highest BCUT2D eigenvalue weighted by Crippen LogP contribution is 2.30. The maximum atomic E-state index is 12.7. The number of carbonyl (C=O) groups excluding carboxylic acids is 1. The first-order valence-electron chi connectivity index (χ1n) is 9.54. The molecule has 0 aromatic heterocycles. The fourth-order valence-corrected chi connectivity index (χ4v) is 4.70. The number of aryl methyl sites for hydroxylation is 1. The third-order valence-corrected chi connectivity index (χ3v) is 5.90. The van der Waals surface area contributed by atoms with Crippen molar-refractivity contribution in [3.05, 3.63) is 35.4 Å². The highest BCUT2D eigenvalue weighted by Gasteiger charge is 2.35. The van der Waals surface area contributed by atoms with E-state index in [0.717, 1.165) is 38.8 Å². The van der Waals surface area contributed by atoms with Gasteiger partial charge in [-0.05, 0) is 43.2 Å². The van der Waals surface area contributed by atoms with Gasteiger partial charge >= 0.3 is 0 Å². The minimum atomic E-state index is 0.169. The molecule has 1 heterocycles. The zero-order valence-corrected chi connectivity index (χ0v) is 14.4. The summed E-state index contributed by atoms with van der Waals surface area (Å²) in [6.07, 6.45) is 8.54. The summed E-state index contributed by atoms with van der Waals surface area (Å²) < 4.78 is 5.92. The molecular weight excluding hydrogens is 300 g/mol. The summed E-state index contributed by atoms with van der Waals surface area (Å²) >= 11 is 0. The lowest BCUT2D eigenvalue weighted by molar-refractivity contribution is -0.130. The van der Waals surface area contributed by atoms with E-state index in [2.05, 4.69) is 34.5 Å². The maximum Gasteiger partial charge on any atom is 0.234 e. The molecule has 1 saturated heterocycles. The normalized spacial score (nSPS) is 30.2. The monoisotopic (exact) mass is 328 g/mol. The second kappa shape index (κ2) is 7.24. The molecule has 3 unspecified atom stereocenters. The van der Waals surface area contributed by atoms with Gasteiger partial charge in [0.25, 0.3) is 0 Å². The number of hydrogen-bond acceptors (Lipinski definition) is 3. The quantitative estimate of drug-likeness (QED) is 0.928. The maximum absolute atomic E-state index is 12.7. The topological polar surface area (TPSA) is 41.6 Å². The summed E-state index contributed by atoms with van der Waals surface area (Å²) in [7, 11) is 0. The molecule has 1 aromatic carbocycles. The van der Waals surface area contributed by atoms with Crippen LogP contribution in [0.5, 0.6) is 0 Å². The van der Waals surface area contributed by atoms with E-state index >= 15 is 0 Å². The summed E-state index contributed by atoms with van der Waals surface area (Å²) in [6.45, 7) is 2.17. The molecule has 130 valence electrons. The average Bonchev–Trinajstić information content (AvgIpc) is 2.62. The first kappa shape index (κ1) is 16.1. The van der Waals surface area contributed by atoms with E-state index in [1.807, 2.05) is 0 Å². The van der Waals surface area contributed by atoms with Crippen molar-refractivity contribution in [2.24, 2.45) is 0 Å². The average molecular weight is 328 g/mol. The molecule has 24 heavy (non-hydrogen) atoms. The number of hydrogen-bond donors (Lipinski definition) is 1. The van der Waals surface area contributed by atoms with Crippen LogP contribution in [0, 0.1) is 0 Å². The molecule has 0 radical (unpaired) electrons. The summed E-state index contributed by atoms with van der Waals surface area (Å²) in [5.41, 5.74) is 2.71. The van der Waals surface area contributed by atoms with Gasteiger partial charge in [0.2, 0.25) is 5.91 Å². The van der Waals surface area contributed by atoms with E-state index in [-0.39, 0.29) is 11.9 Å². The van der Waals surface area contributed by atoms with Crippen molar-refractivity contribution in [1.82, 2.24) is 10.2 Å². The Morgan fingerprint density at radius 3 is 3.00 bits per heavy atom. The Kier molecular flexibility index (Phi) is 4.86. The standard InChI is InChI=1S/C20H28N2O2/c23-20(14-22-12-13-24-19-11-4-3-10-18(19)22)21-17-9-5-7-15-6-1-2-8-16(15)17/h1-2,6,8,17-19H,3-5,7,9-14H2,(H,21,23). The van der Waals surface area contributed by atoms with Gasteiger partial charge in [0.1, 0.15) is 0 Å². The summed E-state index contributed by atoms with van der Waals surface area (Å²) in [4.78, 5) is 15.0. The molecule has 1 amide bonds. The number of rotatable bonds is 3. The Labute approximate surface area is 144 Å². The van der Waals surface area contributed by atoms with Crippen LogP contribution < -0.4 is 5.32 Å². The molecule has 3 atom stereocenters. The number of nitrogens with one attached hydrogen (secondary N) is 1. The van der Waals surface area contributed by atoms with Crippen molar-refractivity contribution in [2.45, 2.75) is 63.1 Å². The lowest BCUT2D eigenvalue weighted by atomic mass is 9.87. The Morgan fingerprint density at radius 1 is 1.17 bits per heavy atom. The van der Waals surface area contributed by atoms with Crippen LogP contribution in [-0.2, 0) is 16.0 Å². The van der Waals surface area contributed by atoms with Gasteiger partial charge in [-0.15, -0.1) is 0 Å². The van der Waals surface area contributed by atoms with E-state index in [0.29, 0.717) is 18.7 Å². The molecule has 1 N–H and O–H groups in total. The Morgan fingerprint density at radius 2 is 2.04 bits per heavy atom. The van der Waals surface area contributed by atoms with Crippen LogP contribution in [-0.4, -0.2) is 42.6 Å². The first-order valence-corrected chi connectivity index (χ1v) is 9.54. The first-order chi connectivity index (χ1) is 11.8. The zero-order chi connectivity index (χ0) is 16.4. The number of fused-ring (bicyclic) bond motifs is 2. The minimum Gasteiger partial charge on any atom is -0.375 e. The van der Waals surface area contributed by atoms with Crippen LogP contribution in [0.3, 0.4) is 0 Å². The van der Waals surface area contributed by atoms with Gasteiger partial charge in [0.15, 0.2) is 0 Å². The van der Waals surface area contributed by atoms with Gasteiger partial charge in [0, 0.05) is 12.6 Å². The van der Waals surface area contributed by atoms with Crippen LogP contribution in [0.25, 0.3) is 0 Å². The molecule has 1 aromatic rings. The molecule has 1 saturated carbocycles. The van der Waals surface area contributed by atoms with E-state index in [4.69, 9.17) is 4.74 Å². The molecule has 2 fully saturated rings. The van der Waals surface area contributed by atoms with Crippen LogP contribution in [0.15, 0.2) is 24.3 Å². The minimum absolute atomic E-state index is 0.169. The number of nitrogens with zero attached hydrogens (tertiary/aromatic N) is 1. The van der Waals surface area contributed by atoms with Crippen molar-refractivity contribution >= 4 is 5.91 Å². The van der Waals surface area contributed by atoms with Crippen molar-refractivity contribution in [2.75, 3.05) is 19.7 Å². The van der Waals surface area contributed by atoms with Gasteiger partial charge in [0.05, 0.1) is 25.3 Å². The predicted molar refractivity (Wildman–Crippen MR) is 93.8 cm³/mol. The van der Waals surface area contributed by atoms with Crippen molar-refractivity contribution in [3.8, 4) is 0 Å².